The highest BCUT2D eigenvalue weighted by Gasteiger charge is 2.20. The number of aromatic hydroxyl groups is 1. The zero-order valence-electron chi connectivity index (χ0n) is 7.44. The molecule has 0 saturated heterocycles. The molecule has 0 aromatic carbocycles. The number of aliphatic carboxylic acids is 1. The number of hydrogen-bond donors (Lipinski definition) is 3. The Bertz CT molecular complexity index is 396. The molecule has 15 heavy (non-hydrogen) atoms. The Labute approximate surface area is 83.2 Å². The third kappa shape index (κ3) is 2.30. The van der Waals surface area contributed by atoms with Gasteiger partial charge in [-0.05, 0) is 0 Å². The van der Waals surface area contributed by atoms with Crippen molar-refractivity contribution in [3.63, 3.8) is 0 Å². The van der Waals surface area contributed by atoms with Gasteiger partial charge in [-0.15, -0.1) is 0 Å². The highest BCUT2D eigenvalue weighted by Crippen LogP contribution is 2.34. The largest absolute Gasteiger partial charge is 0.506 e. The quantitative estimate of drug-likeness (QED) is 0.701. The normalized spacial score (nSPS) is 10.6. The summed E-state index contributed by atoms with van der Waals surface area (Å²) in [6.07, 6.45) is -2.78. The van der Waals surface area contributed by atoms with Gasteiger partial charge in [-0.25, -0.2) is 8.78 Å². The molecule has 1 rings (SSSR count). The van der Waals surface area contributed by atoms with Gasteiger partial charge < -0.3 is 15.9 Å². The van der Waals surface area contributed by atoms with E-state index >= 15 is 0 Å². The number of alkyl halides is 2. The maximum absolute atomic E-state index is 12.4. The van der Waals surface area contributed by atoms with Gasteiger partial charge in [0, 0.05) is 0 Å². The molecule has 0 bridgehead atoms. The Morgan fingerprint density at radius 3 is 2.67 bits per heavy atom. The molecule has 1 aromatic heterocycles. The molecular formula is C8H8F2N2O3. The maximum Gasteiger partial charge on any atom is 0.309 e. The Morgan fingerprint density at radius 2 is 2.20 bits per heavy atom. The molecule has 0 fully saturated rings. The number of hydrogen-bond acceptors (Lipinski definition) is 4. The van der Waals surface area contributed by atoms with Gasteiger partial charge in [0.05, 0.1) is 29.6 Å². The van der Waals surface area contributed by atoms with Crippen molar-refractivity contribution in [1.82, 2.24) is 4.98 Å². The van der Waals surface area contributed by atoms with Gasteiger partial charge >= 0.3 is 5.97 Å². The number of halogens is 2. The summed E-state index contributed by atoms with van der Waals surface area (Å²) in [7, 11) is 0. The summed E-state index contributed by atoms with van der Waals surface area (Å²) in [6, 6.07) is 0. The Morgan fingerprint density at radius 1 is 1.60 bits per heavy atom. The lowest BCUT2D eigenvalue weighted by molar-refractivity contribution is -0.136. The number of carbonyl (C=O) groups is 1. The highest BCUT2D eigenvalue weighted by atomic mass is 19.3. The van der Waals surface area contributed by atoms with Crippen molar-refractivity contribution in [1.29, 1.82) is 0 Å². The molecule has 1 aromatic rings. The van der Waals surface area contributed by atoms with Crippen molar-refractivity contribution in [2.45, 2.75) is 12.8 Å². The molecule has 0 aliphatic rings. The van der Waals surface area contributed by atoms with E-state index in [1.54, 1.807) is 0 Å². The third-order valence-corrected chi connectivity index (χ3v) is 1.76. The van der Waals surface area contributed by atoms with Crippen LogP contribution in [0.2, 0.25) is 0 Å². The van der Waals surface area contributed by atoms with Gasteiger partial charge in [0.25, 0.3) is 6.43 Å². The number of nitrogen functional groups attached to an aromatic ring is 1. The molecule has 0 amide bonds. The molecule has 0 unspecified atom stereocenters. The minimum absolute atomic E-state index is 0.185. The van der Waals surface area contributed by atoms with Crippen LogP contribution >= 0.6 is 0 Å². The molecule has 82 valence electrons. The van der Waals surface area contributed by atoms with Crippen LogP contribution in [0.4, 0.5) is 14.5 Å². The minimum atomic E-state index is -2.97. The number of nitrogens with zero attached hydrogens (tertiary/aromatic N) is 1. The van der Waals surface area contributed by atoms with Gasteiger partial charge in [0.1, 0.15) is 5.75 Å². The molecular weight excluding hydrogens is 210 g/mol. The number of aromatic nitrogens is 1. The maximum atomic E-state index is 12.4. The fourth-order valence-corrected chi connectivity index (χ4v) is 1.09. The molecule has 5 nitrogen and oxygen atoms in total. The van der Waals surface area contributed by atoms with Gasteiger partial charge in [-0.3, -0.25) is 9.78 Å². The SMILES string of the molecule is Nc1c(CC(=O)O)ncc(O)c1C(F)F. The fraction of sp³-hybridized carbons (Fsp3) is 0.250. The summed E-state index contributed by atoms with van der Waals surface area (Å²) in [5.74, 6) is -1.98. The standard InChI is InChI=1S/C8H8F2N2O3/c9-8(10)6-4(13)2-12-3(7(6)11)1-5(14)15/h2,8,13H,1,11H2,(H,14,15). The van der Waals surface area contributed by atoms with Crippen LogP contribution in [0, 0.1) is 0 Å². The zero-order chi connectivity index (χ0) is 11.6. The lowest BCUT2D eigenvalue weighted by Crippen LogP contribution is -2.08. The first-order valence-corrected chi connectivity index (χ1v) is 3.89. The van der Waals surface area contributed by atoms with E-state index in [-0.39, 0.29) is 5.69 Å². The van der Waals surface area contributed by atoms with E-state index in [0.29, 0.717) is 0 Å². The minimum Gasteiger partial charge on any atom is -0.506 e. The number of pyridine rings is 1. The lowest BCUT2D eigenvalue weighted by atomic mass is 10.1. The van der Waals surface area contributed by atoms with E-state index in [9.17, 15) is 13.6 Å². The predicted octanol–water partition coefficient (Wildman–Crippen LogP) is 0.934. The summed E-state index contributed by atoms with van der Waals surface area (Å²) < 4.78 is 24.8. The summed E-state index contributed by atoms with van der Waals surface area (Å²) in [5.41, 5.74) is 3.83. The fourth-order valence-electron chi connectivity index (χ4n) is 1.09. The number of carboxylic acids is 1. The summed E-state index contributed by atoms with van der Waals surface area (Å²) in [4.78, 5) is 13.8. The van der Waals surface area contributed by atoms with Gasteiger partial charge in [0.2, 0.25) is 0 Å². The van der Waals surface area contributed by atoms with Gasteiger partial charge in [0.15, 0.2) is 0 Å². The molecule has 0 aliphatic heterocycles. The highest BCUT2D eigenvalue weighted by molar-refractivity contribution is 5.73. The summed E-state index contributed by atoms with van der Waals surface area (Å²) in [6.45, 7) is 0. The van der Waals surface area contributed by atoms with E-state index < -0.39 is 35.8 Å². The molecule has 0 aliphatic carbocycles. The second-order valence-electron chi connectivity index (χ2n) is 2.79. The molecule has 4 N–H and O–H groups in total. The van der Waals surface area contributed by atoms with E-state index in [4.69, 9.17) is 15.9 Å². The van der Waals surface area contributed by atoms with Crippen LogP contribution in [-0.4, -0.2) is 21.2 Å². The Balaban J connectivity index is 3.22. The third-order valence-electron chi connectivity index (χ3n) is 1.76. The van der Waals surface area contributed by atoms with Crippen molar-refractivity contribution < 1.29 is 23.8 Å². The summed E-state index contributed by atoms with van der Waals surface area (Å²) >= 11 is 0. The average Bonchev–Trinajstić information content (AvgIpc) is 2.09. The number of carboxylic acid groups (broad SMARTS) is 1. The van der Waals surface area contributed by atoms with Crippen molar-refractivity contribution in [2.75, 3.05) is 5.73 Å². The van der Waals surface area contributed by atoms with Gasteiger partial charge in [-0.1, -0.05) is 0 Å². The monoisotopic (exact) mass is 218 g/mol. The van der Waals surface area contributed by atoms with Gasteiger partial charge in [-0.2, -0.15) is 0 Å². The molecule has 7 heteroatoms. The number of anilines is 1. The van der Waals surface area contributed by atoms with Crippen molar-refractivity contribution in [2.24, 2.45) is 0 Å². The molecule has 0 atom stereocenters. The van der Waals surface area contributed by atoms with Crippen molar-refractivity contribution >= 4 is 11.7 Å². The second kappa shape index (κ2) is 4.07. The summed E-state index contributed by atoms with van der Waals surface area (Å²) in [5, 5.41) is 17.5. The van der Waals surface area contributed by atoms with E-state index in [2.05, 4.69) is 4.98 Å². The zero-order valence-corrected chi connectivity index (χ0v) is 7.44. The van der Waals surface area contributed by atoms with Crippen LogP contribution in [0.25, 0.3) is 0 Å². The van der Waals surface area contributed by atoms with Crippen LogP contribution < -0.4 is 5.73 Å². The smallest absolute Gasteiger partial charge is 0.309 e. The number of rotatable bonds is 3. The first kappa shape index (κ1) is 11.2. The number of nitrogens with two attached hydrogens (primary N) is 1. The van der Waals surface area contributed by atoms with Crippen molar-refractivity contribution in [3.8, 4) is 5.75 Å². The Kier molecular flexibility index (Phi) is 3.03. The van der Waals surface area contributed by atoms with E-state index in [0.717, 1.165) is 6.20 Å². The first-order chi connectivity index (χ1) is 6.93. The van der Waals surface area contributed by atoms with Crippen LogP contribution in [0.5, 0.6) is 5.75 Å². The molecule has 1 heterocycles. The lowest BCUT2D eigenvalue weighted by Gasteiger charge is -2.09. The van der Waals surface area contributed by atoms with Crippen LogP contribution in [0.3, 0.4) is 0 Å². The molecule has 0 saturated carbocycles. The van der Waals surface area contributed by atoms with E-state index in [1.165, 1.54) is 0 Å². The molecule has 0 radical (unpaired) electrons. The topological polar surface area (TPSA) is 96.4 Å². The predicted molar refractivity (Wildman–Crippen MR) is 46.6 cm³/mol. The Hall–Kier alpha value is -1.92. The second-order valence-corrected chi connectivity index (χ2v) is 2.79. The first-order valence-electron chi connectivity index (χ1n) is 3.89. The van der Waals surface area contributed by atoms with Crippen LogP contribution in [-0.2, 0) is 11.2 Å². The van der Waals surface area contributed by atoms with Crippen molar-refractivity contribution in [3.05, 3.63) is 17.5 Å². The van der Waals surface area contributed by atoms with Crippen LogP contribution in [0.1, 0.15) is 17.7 Å². The average molecular weight is 218 g/mol. The van der Waals surface area contributed by atoms with Crippen LogP contribution in [0.15, 0.2) is 6.20 Å². The van der Waals surface area contributed by atoms with E-state index in [1.807, 2.05) is 0 Å². The molecule has 0 spiro atoms.